The van der Waals surface area contributed by atoms with E-state index in [1.165, 1.54) is 0 Å². The van der Waals surface area contributed by atoms with E-state index < -0.39 is 0 Å². The minimum absolute atomic E-state index is 0.679. The maximum atomic E-state index is 5.43. The van der Waals surface area contributed by atoms with E-state index in [-0.39, 0.29) is 0 Å². The van der Waals surface area contributed by atoms with E-state index in [0.717, 1.165) is 16.9 Å². The first kappa shape index (κ1) is 11.3. The molecule has 0 aliphatic carbocycles. The van der Waals surface area contributed by atoms with Crippen LogP contribution >= 0.6 is 0 Å². The molecule has 0 saturated heterocycles. The monoisotopic (exact) mass is 200 g/mol. The van der Waals surface area contributed by atoms with Gasteiger partial charge >= 0.3 is 0 Å². The van der Waals surface area contributed by atoms with Crippen molar-refractivity contribution in [2.75, 3.05) is 6.61 Å². The van der Waals surface area contributed by atoms with Crippen LogP contribution in [0.4, 0.5) is 0 Å². The molecule has 0 unspecified atom stereocenters. The highest BCUT2D eigenvalue weighted by molar-refractivity contribution is 5.75. The largest absolute Gasteiger partial charge is 0.494 e. The molecule has 1 aromatic carbocycles. The summed E-state index contributed by atoms with van der Waals surface area (Å²) >= 11 is 0. The Morgan fingerprint density at radius 2 is 2.20 bits per heavy atom. The molecule has 78 valence electrons. The first-order valence-corrected chi connectivity index (χ1v) is 5.00. The molecule has 0 fully saturated rings. The second kappa shape index (κ2) is 5.86. The van der Waals surface area contributed by atoms with Gasteiger partial charge in [0.25, 0.3) is 0 Å². The summed E-state index contributed by atoms with van der Waals surface area (Å²) < 4.78 is 5.43. The van der Waals surface area contributed by atoms with Crippen molar-refractivity contribution in [2.24, 2.45) is 0 Å². The van der Waals surface area contributed by atoms with Gasteiger partial charge in [-0.2, -0.15) is 0 Å². The van der Waals surface area contributed by atoms with Crippen molar-refractivity contribution in [3.63, 3.8) is 0 Å². The van der Waals surface area contributed by atoms with Gasteiger partial charge in [-0.25, -0.2) is 0 Å². The van der Waals surface area contributed by atoms with E-state index in [1.807, 2.05) is 43.3 Å². The first-order chi connectivity index (χ1) is 7.31. The van der Waals surface area contributed by atoms with Gasteiger partial charge in [-0.15, -0.1) is 0 Å². The highest BCUT2D eigenvalue weighted by Crippen LogP contribution is 2.20. The molecule has 0 N–H and O–H groups in total. The second-order valence-electron chi connectivity index (χ2n) is 3.02. The number of ether oxygens (including phenoxy) is 1. The lowest BCUT2D eigenvalue weighted by atomic mass is 10.1. The van der Waals surface area contributed by atoms with Crippen molar-refractivity contribution in [1.29, 1.82) is 0 Å². The molecule has 0 atom stereocenters. The summed E-state index contributed by atoms with van der Waals surface area (Å²) in [6, 6.07) is 7.95. The van der Waals surface area contributed by atoms with Crippen LogP contribution < -0.4 is 4.74 Å². The van der Waals surface area contributed by atoms with Crippen LogP contribution in [-0.4, -0.2) is 6.61 Å². The highest BCUT2D eigenvalue weighted by atomic mass is 16.5. The Bertz CT molecular complexity index is 375. The molecule has 0 heterocycles. The fourth-order valence-electron chi connectivity index (χ4n) is 1.34. The average Bonchev–Trinajstić information content (AvgIpc) is 2.27. The number of hydrogen-bond donors (Lipinski definition) is 0. The third kappa shape index (κ3) is 3.13. The minimum Gasteiger partial charge on any atom is -0.494 e. The maximum Gasteiger partial charge on any atom is 0.119 e. The average molecular weight is 200 g/mol. The van der Waals surface area contributed by atoms with Crippen molar-refractivity contribution in [1.82, 2.24) is 0 Å². The van der Waals surface area contributed by atoms with Crippen molar-refractivity contribution in [3.05, 3.63) is 61.2 Å². The van der Waals surface area contributed by atoms with Crippen LogP contribution in [0, 0.1) is 0 Å². The Morgan fingerprint density at radius 3 is 2.80 bits per heavy atom. The summed E-state index contributed by atoms with van der Waals surface area (Å²) in [7, 11) is 0. The van der Waals surface area contributed by atoms with E-state index in [9.17, 15) is 0 Å². The van der Waals surface area contributed by atoms with Gasteiger partial charge in [0.1, 0.15) is 5.75 Å². The molecular formula is C14H16O. The molecule has 0 aromatic heterocycles. The molecule has 0 aliphatic rings. The van der Waals surface area contributed by atoms with Gasteiger partial charge < -0.3 is 4.74 Å². The van der Waals surface area contributed by atoms with E-state index in [2.05, 4.69) is 13.2 Å². The minimum atomic E-state index is 0.679. The summed E-state index contributed by atoms with van der Waals surface area (Å²) in [5, 5.41) is 0. The van der Waals surface area contributed by atoms with Gasteiger partial charge in [0, 0.05) is 0 Å². The van der Waals surface area contributed by atoms with Gasteiger partial charge in [0.05, 0.1) is 6.61 Å². The van der Waals surface area contributed by atoms with Crippen LogP contribution in [0.25, 0.3) is 5.57 Å². The number of hydrogen-bond acceptors (Lipinski definition) is 1. The van der Waals surface area contributed by atoms with E-state index in [1.54, 1.807) is 6.08 Å². The summed E-state index contributed by atoms with van der Waals surface area (Å²) in [5.41, 5.74) is 2.14. The summed E-state index contributed by atoms with van der Waals surface area (Å²) in [5.74, 6) is 0.881. The van der Waals surface area contributed by atoms with Crippen LogP contribution in [0.2, 0.25) is 0 Å². The highest BCUT2D eigenvalue weighted by Gasteiger charge is 1.98. The lowest BCUT2D eigenvalue weighted by molar-refractivity contribution is 0.340. The smallest absolute Gasteiger partial charge is 0.119 e. The van der Waals surface area contributed by atoms with Gasteiger partial charge in [-0.05, 0) is 30.2 Å². The zero-order valence-corrected chi connectivity index (χ0v) is 9.07. The SMILES string of the molecule is C=C/C=C(\C=C)c1cccc(OCC)c1. The number of allylic oxidation sites excluding steroid dienone is 4. The Balaban J connectivity index is 3.02. The molecule has 0 aliphatic heterocycles. The van der Waals surface area contributed by atoms with Crippen LogP contribution in [0.1, 0.15) is 12.5 Å². The second-order valence-corrected chi connectivity index (χ2v) is 3.02. The van der Waals surface area contributed by atoms with Gasteiger partial charge in [0.15, 0.2) is 0 Å². The molecule has 1 nitrogen and oxygen atoms in total. The number of benzene rings is 1. The molecule has 1 rings (SSSR count). The molecule has 15 heavy (non-hydrogen) atoms. The summed E-state index contributed by atoms with van der Waals surface area (Å²) in [6.45, 7) is 10.1. The summed E-state index contributed by atoms with van der Waals surface area (Å²) in [4.78, 5) is 0. The zero-order valence-electron chi connectivity index (χ0n) is 9.07. The van der Waals surface area contributed by atoms with Crippen LogP contribution in [0.5, 0.6) is 5.75 Å². The molecule has 0 saturated carbocycles. The van der Waals surface area contributed by atoms with Gasteiger partial charge in [-0.1, -0.05) is 43.5 Å². The predicted molar refractivity (Wildman–Crippen MR) is 66.0 cm³/mol. The van der Waals surface area contributed by atoms with Crippen LogP contribution in [0.15, 0.2) is 55.7 Å². The van der Waals surface area contributed by atoms with Crippen molar-refractivity contribution < 1.29 is 4.74 Å². The zero-order chi connectivity index (χ0) is 11.1. The van der Waals surface area contributed by atoms with Crippen molar-refractivity contribution in [2.45, 2.75) is 6.92 Å². The molecule has 1 aromatic rings. The van der Waals surface area contributed by atoms with E-state index in [4.69, 9.17) is 4.74 Å². The Kier molecular flexibility index (Phi) is 4.42. The normalized spacial score (nSPS) is 10.9. The standard InChI is InChI=1S/C14H16O/c1-4-8-12(5-2)13-9-7-10-14(11-13)15-6-3/h4-5,7-11H,1-2,6H2,3H3/b12-8+. The molecule has 0 amide bonds. The predicted octanol–water partition coefficient (Wildman–Crippen LogP) is 3.84. The van der Waals surface area contributed by atoms with Crippen molar-refractivity contribution >= 4 is 5.57 Å². The third-order valence-corrected chi connectivity index (χ3v) is 2.00. The van der Waals surface area contributed by atoms with Crippen molar-refractivity contribution in [3.8, 4) is 5.75 Å². The third-order valence-electron chi connectivity index (χ3n) is 2.00. The molecule has 0 spiro atoms. The number of rotatable bonds is 5. The van der Waals surface area contributed by atoms with E-state index in [0.29, 0.717) is 6.61 Å². The lowest BCUT2D eigenvalue weighted by Crippen LogP contribution is -1.91. The maximum absolute atomic E-state index is 5.43. The molecule has 0 bridgehead atoms. The molecular weight excluding hydrogens is 184 g/mol. The van der Waals surface area contributed by atoms with Gasteiger partial charge in [-0.3, -0.25) is 0 Å². The fraction of sp³-hybridized carbons (Fsp3) is 0.143. The van der Waals surface area contributed by atoms with E-state index >= 15 is 0 Å². The Hall–Kier alpha value is -1.76. The summed E-state index contributed by atoms with van der Waals surface area (Å²) in [6.07, 6.45) is 5.50. The molecule has 1 heteroatoms. The fourth-order valence-corrected chi connectivity index (χ4v) is 1.34. The first-order valence-electron chi connectivity index (χ1n) is 5.00. The topological polar surface area (TPSA) is 9.23 Å². The van der Waals surface area contributed by atoms with Gasteiger partial charge in [0.2, 0.25) is 0 Å². The Morgan fingerprint density at radius 1 is 1.40 bits per heavy atom. The quantitative estimate of drug-likeness (QED) is 0.656. The van der Waals surface area contributed by atoms with Crippen LogP contribution in [-0.2, 0) is 0 Å². The Labute approximate surface area is 91.4 Å². The molecule has 0 radical (unpaired) electrons. The lowest BCUT2D eigenvalue weighted by Gasteiger charge is -2.06. The van der Waals surface area contributed by atoms with Crippen LogP contribution in [0.3, 0.4) is 0 Å².